The average molecular weight is 489 g/mol. The number of carbonyl (C=O) groups excluding carboxylic acids is 2. The van der Waals surface area contributed by atoms with Crippen molar-refractivity contribution in [2.24, 2.45) is 0 Å². The third kappa shape index (κ3) is 4.32. The van der Waals surface area contributed by atoms with E-state index in [1.54, 1.807) is 29.5 Å². The lowest BCUT2D eigenvalue weighted by Crippen LogP contribution is -2.24. The van der Waals surface area contributed by atoms with Gasteiger partial charge in [-0.2, -0.15) is 0 Å². The van der Waals surface area contributed by atoms with Gasteiger partial charge in [0.1, 0.15) is 4.83 Å². The molecule has 2 heterocycles. The Morgan fingerprint density at radius 2 is 2.00 bits per heavy atom. The maximum atomic E-state index is 13.0. The van der Waals surface area contributed by atoms with Crippen LogP contribution in [0.3, 0.4) is 0 Å². The van der Waals surface area contributed by atoms with Gasteiger partial charge in [-0.1, -0.05) is 15.9 Å². The zero-order valence-electron chi connectivity index (χ0n) is 16.5. The molecule has 0 bridgehead atoms. The number of thiophene rings is 1. The van der Waals surface area contributed by atoms with Crippen molar-refractivity contribution in [3.8, 4) is 0 Å². The Balaban J connectivity index is 1.50. The molecule has 3 aromatic rings. The average Bonchev–Trinajstić information content (AvgIpc) is 3.08. The fourth-order valence-corrected chi connectivity index (χ4v) is 5.27. The third-order valence-electron chi connectivity index (χ3n) is 5.09. The monoisotopic (exact) mass is 488 g/mol. The molecule has 0 fully saturated rings. The van der Waals surface area contributed by atoms with Crippen molar-refractivity contribution in [1.82, 2.24) is 9.55 Å². The third-order valence-corrected chi connectivity index (χ3v) is 6.78. The number of rotatable bonds is 5. The van der Waals surface area contributed by atoms with Crippen molar-refractivity contribution in [1.29, 1.82) is 0 Å². The van der Waals surface area contributed by atoms with E-state index in [1.807, 2.05) is 0 Å². The Bertz CT molecular complexity index is 1200. The normalized spacial score (nSPS) is 13.1. The summed E-state index contributed by atoms with van der Waals surface area (Å²) in [5, 5.41) is 6.23. The molecule has 30 heavy (non-hydrogen) atoms. The molecule has 2 N–H and O–H groups in total. The Morgan fingerprint density at radius 1 is 1.20 bits per heavy atom. The van der Waals surface area contributed by atoms with Gasteiger partial charge in [0.2, 0.25) is 11.8 Å². The Morgan fingerprint density at radius 3 is 2.80 bits per heavy atom. The standard InChI is InChI=1S/C21H21BrN4O3S/c1-12(27)24-15-7-6-13(22)10-16(15)25-18(28)8-9-26-11-23-20-19(21(26)29)14-4-2-3-5-17(14)30-20/h6-7,10-11H,2-5,8-9H2,1H3,(H,24,27)(H,25,28). The molecule has 0 saturated carbocycles. The number of halogens is 1. The van der Waals surface area contributed by atoms with Crippen molar-refractivity contribution < 1.29 is 9.59 Å². The lowest BCUT2D eigenvalue weighted by molar-refractivity contribution is -0.116. The van der Waals surface area contributed by atoms with Gasteiger partial charge in [-0.05, 0) is 49.4 Å². The molecule has 0 atom stereocenters. The molecule has 0 saturated heterocycles. The van der Waals surface area contributed by atoms with Gasteiger partial charge < -0.3 is 10.6 Å². The van der Waals surface area contributed by atoms with Crippen molar-refractivity contribution >= 4 is 60.7 Å². The molecule has 2 aromatic heterocycles. The summed E-state index contributed by atoms with van der Waals surface area (Å²) in [4.78, 5) is 43.4. The highest BCUT2D eigenvalue weighted by Crippen LogP contribution is 2.33. The van der Waals surface area contributed by atoms with E-state index in [9.17, 15) is 14.4 Å². The lowest BCUT2D eigenvalue weighted by atomic mass is 9.97. The molecule has 0 radical (unpaired) electrons. The van der Waals surface area contributed by atoms with E-state index >= 15 is 0 Å². The quantitative estimate of drug-likeness (QED) is 0.565. The molecule has 0 aliphatic heterocycles. The van der Waals surface area contributed by atoms with E-state index in [0.29, 0.717) is 11.4 Å². The summed E-state index contributed by atoms with van der Waals surface area (Å²) < 4.78 is 2.29. The lowest BCUT2D eigenvalue weighted by Gasteiger charge is -2.13. The van der Waals surface area contributed by atoms with Gasteiger partial charge in [0, 0.05) is 29.2 Å². The summed E-state index contributed by atoms with van der Waals surface area (Å²) in [6, 6.07) is 5.21. The summed E-state index contributed by atoms with van der Waals surface area (Å²) >= 11 is 4.98. The zero-order valence-corrected chi connectivity index (χ0v) is 18.9. The molecule has 4 rings (SSSR count). The summed E-state index contributed by atoms with van der Waals surface area (Å²) in [5.74, 6) is -0.475. The smallest absolute Gasteiger partial charge is 0.262 e. The van der Waals surface area contributed by atoms with Crippen molar-refractivity contribution in [3.63, 3.8) is 0 Å². The second-order valence-corrected chi connectivity index (χ2v) is 9.30. The minimum absolute atomic E-state index is 0.0754. The number of nitrogens with one attached hydrogen (secondary N) is 2. The zero-order chi connectivity index (χ0) is 21.3. The van der Waals surface area contributed by atoms with Crippen LogP contribution >= 0.6 is 27.3 Å². The van der Waals surface area contributed by atoms with Gasteiger partial charge >= 0.3 is 0 Å². The fourth-order valence-electron chi connectivity index (χ4n) is 3.69. The number of fused-ring (bicyclic) bond motifs is 3. The van der Waals surface area contributed by atoms with Crippen LogP contribution in [0.4, 0.5) is 11.4 Å². The number of hydrogen-bond acceptors (Lipinski definition) is 5. The maximum absolute atomic E-state index is 13.0. The van der Waals surface area contributed by atoms with Crippen molar-refractivity contribution in [2.75, 3.05) is 10.6 Å². The van der Waals surface area contributed by atoms with Gasteiger partial charge in [0.05, 0.1) is 23.1 Å². The molecule has 0 spiro atoms. The number of carbonyl (C=O) groups is 2. The predicted molar refractivity (Wildman–Crippen MR) is 122 cm³/mol. The first-order valence-electron chi connectivity index (χ1n) is 9.79. The first-order valence-corrected chi connectivity index (χ1v) is 11.4. The van der Waals surface area contributed by atoms with Crippen LogP contribution in [0, 0.1) is 0 Å². The Labute approximate surface area is 185 Å². The highest BCUT2D eigenvalue weighted by atomic mass is 79.9. The van der Waals surface area contributed by atoms with Gasteiger partial charge in [-0.3, -0.25) is 19.0 Å². The van der Waals surface area contributed by atoms with Crippen LogP contribution in [0.15, 0.2) is 33.8 Å². The molecule has 1 aliphatic carbocycles. The van der Waals surface area contributed by atoms with E-state index < -0.39 is 0 Å². The first-order chi connectivity index (χ1) is 14.4. The minimum Gasteiger partial charge on any atom is -0.325 e. The Hall–Kier alpha value is -2.52. The number of aromatic nitrogens is 2. The molecule has 156 valence electrons. The Kier molecular flexibility index (Phi) is 6.01. The number of nitrogens with zero attached hydrogens (tertiary/aromatic N) is 2. The fraction of sp³-hybridized carbons (Fsp3) is 0.333. The van der Waals surface area contributed by atoms with E-state index in [1.165, 1.54) is 22.7 Å². The summed E-state index contributed by atoms with van der Waals surface area (Å²) in [6.07, 6.45) is 5.84. The second-order valence-electron chi connectivity index (χ2n) is 7.30. The van der Waals surface area contributed by atoms with Gasteiger partial charge in [-0.25, -0.2) is 4.98 Å². The molecular weight excluding hydrogens is 468 g/mol. The molecule has 0 unspecified atom stereocenters. The highest BCUT2D eigenvalue weighted by molar-refractivity contribution is 9.10. The van der Waals surface area contributed by atoms with E-state index in [4.69, 9.17) is 0 Å². The van der Waals surface area contributed by atoms with Crippen LogP contribution in [-0.2, 0) is 29.0 Å². The van der Waals surface area contributed by atoms with Crippen LogP contribution in [0.1, 0.15) is 36.6 Å². The number of benzene rings is 1. The molecular formula is C21H21BrN4O3S. The van der Waals surface area contributed by atoms with E-state index in [2.05, 4.69) is 31.5 Å². The topological polar surface area (TPSA) is 93.1 Å². The summed E-state index contributed by atoms with van der Waals surface area (Å²) in [5.41, 5.74) is 2.09. The van der Waals surface area contributed by atoms with E-state index in [-0.39, 0.29) is 30.3 Å². The number of aryl methyl sites for hydroxylation is 3. The van der Waals surface area contributed by atoms with Crippen LogP contribution in [-0.4, -0.2) is 21.4 Å². The van der Waals surface area contributed by atoms with Gasteiger partial charge in [0.25, 0.3) is 5.56 Å². The van der Waals surface area contributed by atoms with Crippen molar-refractivity contribution in [2.45, 2.75) is 45.6 Å². The molecule has 1 aliphatic rings. The summed E-state index contributed by atoms with van der Waals surface area (Å²) in [6.45, 7) is 1.65. The highest BCUT2D eigenvalue weighted by Gasteiger charge is 2.20. The maximum Gasteiger partial charge on any atom is 0.262 e. The minimum atomic E-state index is -0.251. The molecule has 2 amide bonds. The number of hydrogen-bond donors (Lipinski definition) is 2. The van der Waals surface area contributed by atoms with Gasteiger partial charge in [-0.15, -0.1) is 11.3 Å². The van der Waals surface area contributed by atoms with Crippen LogP contribution in [0.25, 0.3) is 10.2 Å². The SMILES string of the molecule is CC(=O)Nc1ccc(Br)cc1NC(=O)CCn1cnc2sc3c(c2c1=O)CCCC3. The number of anilines is 2. The van der Waals surface area contributed by atoms with Crippen LogP contribution in [0.5, 0.6) is 0 Å². The molecule has 1 aromatic carbocycles. The van der Waals surface area contributed by atoms with Crippen LogP contribution in [0.2, 0.25) is 0 Å². The molecule has 7 nitrogen and oxygen atoms in total. The molecule has 9 heteroatoms. The van der Waals surface area contributed by atoms with Crippen LogP contribution < -0.4 is 16.2 Å². The summed E-state index contributed by atoms with van der Waals surface area (Å²) in [7, 11) is 0. The van der Waals surface area contributed by atoms with Crippen molar-refractivity contribution in [3.05, 3.63) is 49.8 Å². The van der Waals surface area contributed by atoms with Gasteiger partial charge in [0.15, 0.2) is 0 Å². The second kappa shape index (κ2) is 8.69. The van der Waals surface area contributed by atoms with E-state index in [0.717, 1.165) is 45.9 Å². The largest absolute Gasteiger partial charge is 0.325 e. The number of amides is 2. The predicted octanol–water partition coefficient (Wildman–Crippen LogP) is 4.09. The first kappa shape index (κ1) is 20.7.